The molecule has 5 heteroatoms. The molecule has 0 spiro atoms. The Bertz CT molecular complexity index is 412. The summed E-state index contributed by atoms with van der Waals surface area (Å²) in [6.45, 7) is 2.07. The monoisotopic (exact) mass is 251 g/mol. The maximum atomic E-state index is 11.4. The first kappa shape index (κ1) is 14.0. The molecule has 0 aromatic heterocycles. The van der Waals surface area contributed by atoms with Crippen molar-refractivity contribution in [3.05, 3.63) is 29.8 Å². The van der Waals surface area contributed by atoms with Crippen LogP contribution >= 0.6 is 0 Å². The fourth-order valence-electron chi connectivity index (χ4n) is 1.18. The average Bonchev–Trinajstić information content (AvgIpc) is 2.36. The Hall–Kier alpha value is -2.04. The summed E-state index contributed by atoms with van der Waals surface area (Å²) in [6, 6.07) is 6.48. The third-order valence-corrected chi connectivity index (χ3v) is 2.23. The molecular formula is C13H17NO4. The average molecular weight is 251 g/mol. The molecule has 0 saturated carbocycles. The molecule has 1 rings (SSSR count). The minimum Gasteiger partial charge on any atom is -0.484 e. The van der Waals surface area contributed by atoms with E-state index in [1.807, 2.05) is 0 Å². The highest BCUT2D eigenvalue weighted by atomic mass is 16.5. The van der Waals surface area contributed by atoms with Gasteiger partial charge in [-0.15, -0.1) is 0 Å². The van der Waals surface area contributed by atoms with Crippen LogP contribution in [-0.2, 0) is 9.53 Å². The van der Waals surface area contributed by atoms with Crippen molar-refractivity contribution in [2.75, 3.05) is 27.3 Å². The lowest BCUT2D eigenvalue weighted by Gasteiger charge is -2.11. The Labute approximate surface area is 106 Å². The topological polar surface area (TPSA) is 55.8 Å². The highest BCUT2D eigenvalue weighted by molar-refractivity contribution is 5.89. The number of benzene rings is 1. The van der Waals surface area contributed by atoms with Gasteiger partial charge in [0, 0.05) is 14.1 Å². The molecule has 0 unspecified atom stereocenters. The van der Waals surface area contributed by atoms with E-state index in [1.165, 1.54) is 4.90 Å². The van der Waals surface area contributed by atoms with E-state index < -0.39 is 0 Å². The minimum atomic E-state index is -0.367. The number of nitrogens with zero attached hydrogens (tertiary/aromatic N) is 1. The predicted molar refractivity (Wildman–Crippen MR) is 66.6 cm³/mol. The van der Waals surface area contributed by atoms with Gasteiger partial charge in [-0.3, -0.25) is 4.79 Å². The summed E-state index contributed by atoms with van der Waals surface area (Å²) in [5.41, 5.74) is 0.461. The summed E-state index contributed by atoms with van der Waals surface area (Å²) in [5.74, 6) is 0.0520. The lowest BCUT2D eigenvalue weighted by molar-refractivity contribution is -0.130. The molecule has 0 radical (unpaired) electrons. The zero-order chi connectivity index (χ0) is 13.5. The zero-order valence-electron chi connectivity index (χ0n) is 10.8. The maximum Gasteiger partial charge on any atom is 0.338 e. The van der Waals surface area contributed by atoms with Gasteiger partial charge in [-0.25, -0.2) is 4.79 Å². The lowest BCUT2D eigenvalue weighted by atomic mass is 10.2. The molecule has 0 heterocycles. The highest BCUT2D eigenvalue weighted by Crippen LogP contribution is 2.13. The van der Waals surface area contributed by atoms with Crippen LogP contribution in [0.15, 0.2) is 24.3 Å². The summed E-state index contributed by atoms with van der Waals surface area (Å²) in [6.07, 6.45) is 0. The van der Waals surface area contributed by atoms with Gasteiger partial charge >= 0.3 is 5.97 Å². The first-order chi connectivity index (χ1) is 8.54. The molecule has 0 bridgehead atoms. The van der Waals surface area contributed by atoms with Crippen molar-refractivity contribution < 1.29 is 19.1 Å². The Morgan fingerprint density at radius 2 is 1.78 bits per heavy atom. The highest BCUT2D eigenvalue weighted by Gasteiger charge is 2.07. The van der Waals surface area contributed by atoms with Crippen LogP contribution < -0.4 is 4.74 Å². The molecule has 0 aliphatic heterocycles. The number of hydrogen-bond acceptors (Lipinski definition) is 4. The molecule has 98 valence electrons. The van der Waals surface area contributed by atoms with E-state index in [9.17, 15) is 9.59 Å². The van der Waals surface area contributed by atoms with E-state index >= 15 is 0 Å². The van der Waals surface area contributed by atoms with Crippen molar-refractivity contribution in [2.45, 2.75) is 6.92 Å². The minimum absolute atomic E-state index is 0.0221. The van der Waals surface area contributed by atoms with Crippen molar-refractivity contribution >= 4 is 11.9 Å². The Balaban J connectivity index is 2.55. The van der Waals surface area contributed by atoms with Crippen LogP contribution in [0.5, 0.6) is 5.75 Å². The van der Waals surface area contributed by atoms with Crippen LogP contribution in [0.2, 0.25) is 0 Å². The van der Waals surface area contributed by atoms with Crippen LogP contribution in [0.1, 0.15) is 17.3 Å². The van der Waals surface area contributed by atoms with Gasteiger partial charge in [0.1, 0.15) is 5.75 Å². The molecule has 5 nitrogen and oxygen atoms in total. The second-order valence-electron chi connectivity index (χ2n) is 3.82. The van der Waals surface area contributed by atoms with Gasteiger partial charge in [-0.2, -0.15) is 0 Å². The Morgan fingerprint density at radius 1 is 1.17 bits per heavy atom. The number of ether oxygens (including phenoxy) is 2. The van der Waals surface area contributed by atoms with Gasteiger partial charge in [-0.1, -0.05) is 0 Å². The van der Waals surface area contributed by atoms with Crippen molar-refractivity contribution in [2.24, 2.45) is 0 Å². The van der Waals surface area contributed by atoms with Gasteiger partial charge in [-0.05, 0) is 31.2 Å². The number of hydrogen-bond donors (Lipinski definition) is 0. The summed E-state index contributed by atoms with van der Waals surface area (Å²) in [7, 11) is 3.32. The second kappa shape index (κ2) is 6.64. The van der Waals surface area contributed by atoms with Crippen LogP contribution in [0, 0.1) is 0 Å². The first-order valence-corrected chi connectivity index (χ1v) is 5.64. The van der Waals surface area contributed by atoms with Crippen molar-refractivity contribution in [1.82, 2.24) is 4.90 Å². The van der Waals surface area contributed by atoms with Crippen LogP contribution in [0.3, 0.4) is 0 Å². The van der Waals surface area contributed by atoms with E-state index in [0.29, 0.717) is 17.9 Å². The molecule has 18 heavy (non-hydrogen) atoms. The molecule has 0 fully saturated rings. The fourth-order valence-corrected chi connectivity index (χ4v) is 1.18. The summed E-state index contributed by atoms with van der Waals surface area (Å²) >= 11 is 0. The number of esters is 1. The quantitative estimate of drug-likeness (QED) is 0.741. The normalized spacial score (nSPS) is 9.72. The molecule has 0 aliphatic carbocycles. The molecule has 1 aromatic carbocycles. The molecule has 1 amide bonds. The van der Waals surface area contributed by atoms with Gasteiger partial charge in [0.15, 0.2) is 6.61 Å². The van der Waals surface area contributed by atoms with E-state index in [2.05, 4.69) is 0 Å². The zero-order valence-corrected chi connectivity index (χ0v) is 10.8. The number of amides is 1. The van der Waals surface area contributed by atoms with E-state index in [1.54, 1.807) is 45.3 Å². The van der Waals surface area contributed by atoms with E-state index in [0.717, 1.165) is 0 Å². The van der Waals surface area contributed by atoms with Gasteiger partial charge < -0.3 is 14.4 Å². The lowest BCUT2D eigenvalue weighted by Crippen LogP contribution is -2.27. The number of rotatable bonds is 5. The van der Waals surface area contributed by atoms with Crippen LogP contribution in [0.4, 0.5) is 0 Å². The molecule has 0 N–H and O–H groups in total. The van der Waals surface area contributed by atoms with Gasteiger partial charge in [0.25, 0.3) is 5.91 Å². The van der Waals surface area contributed by atoms with Gasteiger partial charge in [0.2, 0.25) is 0 Å². The smallest absolute Gasteiger partial charge is 0.338 e. The summed E-state index contributed by atoms with van der Waals surface area (Å²) < 4.78 is 10.1. The van der Waals surface area contributed by atoms with Gasteiger partial charge in [0.05, 0.1) is 12.2 Å². The van der Waals surface area contributed by atoms with Crippen LogP contribution in [-0.4, -0.2) is 44.1 Å². The number of carbonyl (C=O) groups is 2. The van der Waals surface area contributed by atoms with E-state index in [4.69, 9.17) is 9.47 Å². The molecule has 0 aliphatic rings. The molecular weight excluding hydrogens is 234 g/mol. The van der Waals surface area contributed by atoms with Crippen molar-refractivity contribution in [3.8, 4) is 5.75 Å². The second-order valence-corrected chi connectivity index (χ2v) is 3.82. The largest absolute Gasteiger partial charge is 0.484 e. The van der Waals surface area contributed by atoms with Crippen molar-refractivity contribution in [3.63, 3.8) is 0 Å². The number of carbonyl (C=O) groups excluding carboxylic acids is 2. The summed E-state index contributed by atoms with van der Waals surface area (Å²) in [4.78, 5) is 24.1. The van der Waals surface area contributed by atoms with E-state index in [-0.39, 0.29) is 18.5 Å². The van der Waals surface area contributed by atoms with Crippen molar-refractivity contribution in [1.29, 1.82) is 0 Å². The van der Waals surface area contributed by atoms with Crippen LogP contribution in [0.25, 0.3) is 0 Å². The maximum absolute atomic E-state index is 11.4. The number of likely N-dealkylation sites (N-methyl/N-ethyl adjacent to an activating group) is 1. The molecule has 0 saturated heterocycles. The standard InChI is InChI=1S/C13H17NO4/c1-4-17-13(16)10-5-7-11(8-6-10)18-9-12(15)14(2)3/h5-8H,4,9H2,1-3H3. The predicted octanol–water partition coefficient (Wildman–Crippen LogP) is 1.33. The third kappa shape index (κ3) is 4.08. The molecule has 0 atom stereocenters. The Kier molecular flexibility index (Phi) is 5.17. The third-order valence-electron chi connectivity index (χ3n) is 2.23. The Morgan fingerprint density at radius 3 is 2.28 bits per heavy atom. The fraction of sp³-hybridized carbons (Fsp3) is 0.385. The molecule has 1 aromatic rings. The summed E-state index contributed by atoms with van der Waals surface area (Å²) in [5, 5.41) is 0. The SMILES string of the molecule is CCOC(=O)c1ccc(OCC(=O)N(C)C)cc1. The first-order valence-electron chi connectivity index (χ1n) is 5.64.